The number of carbonyl (C=O) groups excluding carboxylic acids is 1. The highest BCUT2D eigenvalue weighted by atomic mass is 16.5. The molecule has 9 nitrogen and oxygen atoms in total. The molecule has 9 heteroatoms. The van der Waals surface area contributed by atoms with E-state index in [9.17, 15) is 4.79 Å². The van der Waals surface area contributed by atoms with Gasteiger partial charge in [-0.2, -0.15) is 4.98 Å². The molecule has 2 aliphatic rings. The van der Waals surface area contributed by atoms with Gasteiger partial charge in [-0.3, -0.25) is 0 Å². The van der Waals surface area contributed by atoms with Crippen LogP contribution in [0.25, 0.3) is 11.3 Å². The Morgan fingerprint density at radius 2 is 2.04 bits per heavy atom. The van der Waals surface area contributed by atoms with Crippen molar-refractivity contribution in [2.45, 2.75) is 31.9 Å². The number of nitrogens with zero attached hydrogens (tertiary/aromatic N) is 5. The van der Waals surface area contributed by atoms with Crippen molar-refractivity contribution in [1.82, 2.24) is 30.2 Å². The molecule has 2 aromatic heterocycles. The molecule has 1 aliphatic heterocycles. The van der Waals surface area contributed by atoms with Gasteiger partial charge in [-0.05, 0) is 6.92 Å². The Bertz CT molecular complexity index is 790. The summed E-state index contributed by atoms with van der Waals surface area (Å²) in [6.45, 7) is 3.30. The first-order valence-corrected chi connectivity index (χ1v) is 8.23. The SMILES string of the molecule is Cc1nc(OC2CC(N3CCNC3=O)C2)cc(-c2cnc(N)nc2)n1. The van der Waals surface area contributed by atoms with Crippen molar-refractivity contribution >= 4 is 12.0 Å². The fourth-order valence-electron chi connectivity index (χ4n) is 3.11. The van der Waals surface area contributed by atoms with Crippen LogP contribution in [-0.2, 0) is 0 Å². The van der Waals surface area contributed by atoms with Crippen molar-refractivity contribution in [3.05, 3.63) is 24.3 Å². The number of amides is 2. The maximum absolute atomic E-state index is 11.7. The molecule has 0 radical (unpaired) electrons. The van der Waals surface area contributed by atoms with E-state index in [4.69, 9.17) is 10.5 Å². The second-order valence-corrected chi connectivity index (χ2v) is 6.26. The summed E-state index contributed by atoms with van der Waals surface area (Å²) in [5.74, 6) is 1.35. The van der Waals surface area contributed by atoms with E-state index in [1.54, 1.807) is 18.5 Å². The second-order valence-electron chi connectivity index (χ2n) is 6.26. The molecule has 0 spiro atoms. The lowest BCUT2D eigenvalue weighted by atomic mass is 9.88. The Morgan fingerprint density at radius 3 is 2.72 bits per heavy atom. The third-order valence-corrected chi connectivity index (χ3v) is 4.47. The number of rotatable bonds is 4. The fraction of sp³-hybridized carbons (Fsp3) is 0.438. The average molecular weight is 341 g/mol. The summed E-state index contributed by atoms with van der Waals surface area (Å²) >= 11 is 0. The molecule has 25 heavy (non-hydrogen) atoms. The van der Waals surface area contributed by atoms with Gasteiger partial charge in [0.05, 0.1) is 5.69 Å². The highest BCUT2D eigenvalue weighted by molar-refractivity contribution is 5.76. The maximum atomic E-state index is 11.7. The molecule has 0 aromatic carbocycles. The van der Waals surface area contributed by atoms with E-state index < -0.39 is 0 Å². The van der Waals surface area contributed by atoms with Gasteiger partial charge >= 0.3 is 6.03 Å². The monoisotopic (exact) mass is 341 g/mol. The molecule has 0 atom stereocenters. The smallest absolute Gasteiger partial charge is 0.317 e. The molecule has 130 valence electrons. The summed E-state index contributed by atoms with van der Waals surface area (Å²) in [6.07, 6.45) is 4.94. The lowest BCUT2D eigenvalue weighted by Crippen LogP contribution is -2.50. The lowest BCUT2D eigenvalue weighted by Gasteiger charge is -2.39. The quantitative estimate of drug-likeness (QED) is 0.842. The summed E-state index contributed by atoms with van der Waals surface area (Å²) in [6, 6.07) is 2.05. The van der Waals surface area contributed by atoms with Crippen molar-refractivity contribution in [1.29, 1.82) is 0 Å². The van der Waals surface area contributed by atoms with Gasteiger partial charge in [-0.15, -0.1) is 0 Å². The van der Waals surface area contributed by atoms with Crippen LogP contribution in [0.1, 0.15) is 18.7 Å². The summed E-state index contributed by atoms with van der Waals surface area (Å²) < 4.78 is 5.97. The molecular formula is C16H19N7O2. The van der Waals surface area contributed by atoms with Crippen molar-refractivity contribution in [3.8, 4) is 17.1 Å². The van der Waals surface area contributed by atoms with E-state index in [1.807, 2.05) is 11.8 Å². The zero-order valence-electron chi connectivity index (χ0n) is 13.8. The number of nitrogens with two attached hydrogens (primary N) is 1. The lowest BCUT2D eigenvalue weighted by molar-refractivity contribution is 0.0392. The van der Waals surface area contributed by atoms with Crippen LogP contribution < -0.4 is 15.8 Å². The summed E-state index contributed by atoms with van der Waals surface area (Å²) in [7, 11) is 0. The fourth-order valence-corrected chi connectivity index (χ4v) is 3.11. The third kappa shape index (κ3) is 3.17. The highest BCUT2D eigenvalue weighted by Gasteiger charge is 2.39. The van der Waals surface area contributed by atoms with Gasteiger partial charge in [0.15, 0.2) is 0 Å². The van der Waals surface area contributed by atoms with Crippen LogP contribution >= 0.6 is 0 Å². The number of aromatic nitrogens is 4. The standard InChI is InChI=1S/C16H19N7O2/c1-9-21-13(10-7-19-15(17)20-8-10)6-14(22-9)25-12-4-11(5-12)23-3-2-18-16(23)24/h6-8,11-12H,2-5H2,1H3,(H,18,24)(H2,17,19,20). The van der Waals surface area contributed by atoms with Crippen molar-refractivity contribution in [2.75, 3.05) is 18.8 Å². The Labute approximate surface area is 144 Å². The minimum absolute atomic E-state index is 0.0203. The van der Waals surface area contributed by atoms with Gasteiger partial charge in [0, 0.05) is 56.0 Å². The van der Waals surface area contributed by atoms with E-state index in [1.165, 1.54) is 0 Å². The largest absolute Gasteiger partial charge is 0.474 e. The zero-order valence-corrected chi connectivity index (χ0v) is 13.8. The van der Waals surface area contributed by atoms with Gasteiger partial charge in [-0.1, -0.05) is 0 Å². The summed E-state index contributed by atoms with van der Waals surface area (Å²) in [5.41, 5.74) is 6.96. The first kappa shape index (κ1) is 15.6. The molecule has 0 bridgehead atoms. The summed E-state index contributed by atoms with van der Waals surface area (Å²) in [4.78, 5) is 30.3. The number of aryl methyl sites for hydroxylation is 1. The second kappa shape index (κ2) is 6.15. The number of hydrogen-bond donors (Lipinski definition) is 2. The Balaban J connectivity index is 1.43. The number of urea groups is 1. The Morgan fingerprint density at radius 1 is 1.28 bits per heavy atom. The summed E-state index contributed by atoms with van der Waals surface area (Å²) in [5, 5.41) is 2.83. The van der Waals surface area contributed by atoms with Crippen LogP contribution in [-0.4, -0.2) is 56.1 Å². The minimum atomic E-state index is 0.0203. The normalized spacial score (nSPS) is 22.4. The molecular weight excluding hydrogens is 322 g/mol. The topological polar surface area (TPSA) is 119 Å². The van der Waals surface area contributed by atoms with Gasteiger partial charge in [0.2, 0.25) is 11.8 Å². The van der Waals surface area contributed by atoms with Crippen molar-refractivity contribution < 1.29 is 9.53 Å². The van der Waals surface area contributed by atoms with Crippen molar-refractivity contribution in [3.63, 3.8) is 0 Å². The molecule has 3 heterocycles. The maximum Gasteiger partial charge on any atom is 0.317 e. The predicted molar refractivity (Wildman–Crippen MR) is 89.8 cm³/mol. The Kier molecular flexibility index (Phi) is 3.83. The molecule has 1 aliphatic carbocycles. The number of nitrogens with one attached hydrogen (secondary N) is 1. The van der Waals surface area contributed by atoms with E-state index >= 15 is 0 Å². The van der Waals surface area contributed by atoms with Gasteiger partial charge < -0.3 is 20.7 Å². The zero-order chi connectivity index (χ0) is 17.4. The molecule has 2 fully saturated rings. The molecule has 1 saturated carbocycles. The molecule has 3 N–H and O–H groups in total. The molecule has 4 rings (SSSR count). The van der Waals surface area contributed by atoms with E-state index in [-0.39, 0.29) is 24.1 Å². The number of hydrogen-bond acceptors (Lipinski definition) is 7. The first-order valence-electron chi connectivity index (χ1n) is 8.23. The molecule has 2 aromatic rings. The molecule has 2 amide bonds. The average Bonchev–Trinajstić information content (AvgIpc) is 2.96. The van der Waals surface area contributed by atoms with Gasteiger partial charge in [0.1, 0.15) is 11.9 Å². The van der Waals surface area contributed by atoms with E-state index in [0.29, 0.717) is 17.4 Å². The minimum Gasteiger partial charge on any atom is -0.474 e. The number of anilines is 1. The number of carbonyl (C=O) groups is 1. The number of nitrogen functional groups attached to an aromatic ring is 1. The van der Waals surface area contributed by atoms with Crippen molar-refractivity contribution in [2.24, 2.45) is 0 Å². The van der Waals surface area contributed by atoms with Gasteiger partial charge in [-0.25, -0.2) is 19.7 Å². The van der Waals surface area contributed by atoms with Gasteiger partial charge in [0.25, 0.3) is 0 Å². The predicted octanol–water partition coefficient (Wildman–Crippen LogP) is 0.759. The third-order valence-electron chi connectivity index (χ3n) is 4.47. The van der Waals surface area contributed by atoms with E-state index in [0.717, 1.165) is 31.5 Å². The van der Waals surface area contributed by atoms with Crippen LogP contribution in [0.15, 0.2) is 18.5 Å². The Hall–Kier alpha value is -2.97. The first-order chi connectivity index (χ1) is 12.1. The van der Waals surface area contributed by atoms with Crippen LogP contribution in [0.3, 0.4) is 0 Å². The highest BCUT2D eigenvalue weighted by Crippen LogP contribution is 2.31. The van der Waals surface area contributed by atoms with E-state index in [2.05, 4.69) is 25.3 Å². The molecule has 0 unspecified atom stereocenters. The number of ether oxygens (including phenoxy) is 1. The van der Waals surface area contributed by atoms with Crippen LogP contribution in [0.2, 0.25) is 0 Å². The van der Waals surface area contributed by atoms with Crippen LogP contribution in [0.4, 0.5) is 10.7 Å². The molecule has 1 saturated heterocycles. The van der Waals surface area contributed by atoms with Crippen LogP contribution in [0, 0.1) is 6.92 Å². The van der Waals surface area contributed by atoms with Crippen LogP contribution in [0.5, 0.6) is 5.88 Å².